The highest BCUT2D eigenvalue weighted by Crippen LogP contribution is 2.30. The van der Waals surface area contributed by atoms with E-state index in [2.05, 4.69) is 17.2 Å². The number of nitrogens with one attached hydrogen (secondary N) is 1. The SMILES string of the molecule is CC(Nc1ccncc1Cl)C1CCCC1. The number of hydrogen-bond donors (Lipinski definition) is 1. The van der Waals surface area contributed by atoms with Crippen molar-refractivity contribution in [2.24, 2.45) is 5.92 Å². The van der Waals surface area contributed by atoms with Crippen molar-refractivity contribution in [3.63, 3.8) is 0 Å². The minimum atomic E-state index is 0.507. The van der Waals surface area contributed by atoms with Crippen molar-refractivity contribution in [1.29, 1.82) is 0 Å². The van der Waals surface area contributed by atoms with Gasteiger partial charge >= 0.3 is 0 Å². The molecule has 2 nitrogen and oxygen atoms in total. The predicted molar refractivity (Wildman–Crippen MR) is 64.3 cm³/mol. The molecule has 1 fully saturated rings. The molecule has 2 rings (SSSR count). The molecule has 0 bridgehead atoms. The molecular formula is C12H17ClN2. The maximum atomic E-state index is 6.05. The zero-order chi connectivity index (χ0) is 10.7. The molecule has 1 heterocycles. The van der Waals surface area contributed by atoms with Crippen LogP contribution in [0.4, 0.5) is 5.69 Å². The van der Waals surface area contributed by atoms with Crippen LogP contribution in [0.25, 0.3) is 0 Å². The Morgan fingerprint density at radius 1 is 1.47 bits per heavy atom. The third kappa shape index (κ3) is 2.63. The summed E-state index contributed by atoms with van der Waals surface area (Å²) in [5.41, 5.74) is 1.01. The van der Waals surface area contributed by atoms with Gasteiger partial charge < -0.3 is 5.32 Å². The highest BCUT2D eigenvalue weighted by molar-refractivity contribution is 6.33. The Labute approximate surface area is 96.1 Å². The molecule has 0 aromatic carbocycles. The lowest BCUT2D eigenvalue weighted by molar-refractivity contribution is 0.482. The fraction of sp³-hybridized carbons (Fsp3) is 0.583. The van der Waals surface area contributed by atoms with Gasteiger partial charge in [-0.3, -0.25) is 4.98 Å². The molecule has 1 aromatic rings. The number of halogens is 1. The zero-order valence-electron chi connectivity index (χ0n) is 9.04. The molecule has 0 aliphatic heterocycles. The first-order valence-corrected chi connectivity index (χ1v) is 6.01. The van der Waals surface area contributed by atoms with Crippen LogP contribution < -0.4 is 5.32 Å². The van der Waals surface area contributed by atoms with Crippen molar-refractivity contribution >= 4 is 17.3 Å². The topological polar surface area (TPSA) is 24.9 Å². The van der Waals surface area contributed by atoms with E-state index in [0.29, 0.717) is 11.1 Å². The quantitative estimate of drug-likeness (QED) is 0.847. The molecular weight excluding hydrogens is 208 g/mol. The molecule has 0 radical (unpaired) electrons. The normalized spacial score (nSPS) is 19.1. The van der Waals surface area contributed by atoms with Gasteiger partial charge in [-0.05, 0) is 31.7 Å². The van der Waals surface area contributed by atoms with Gasteiger partial charge in [-0.15, -0.1) is 0 Å². The van der Waals surface area contributed by atoms with Gasteiger partial charge in [0, 0.05) is 18.4 Å². The standard InChI is InChI=1S/C12H17ClN2/c1-9(10-4-2-3-5-10)15-12-6-7-14-8-11(12)13/h6-10H,2-5H2,1H3,(H,14,15). The number of anilines is 1. The van der Waals surface area contributed by atoms with E-state index in [1.165, 1.54) is 25.7 Å². The average molecular weight is 225 g/mol. The summed E-state index contributed by atoms with van der Waals surface area (Å²) in [6.07, 6.45) is 8.90. The largest absolute Gasteiger partial charge is 0.381 e. The lowest BCUT2D eigenvalue weighted by Crippen LogP contribution is -2.23. The van der Waals surface area contributed by atoms with E-state index in [1.54, 1.807) is 12.4 Å². The molecule has 0 spiro atoms. The van der Waals surface area contributed by atoms with E-state index in [1.807, 2.05) is 6.07 Å². The number of rotatable bonds is 3. The van der Waals surface area contributed by atoms with Gasteiger partial charge in [0.15, 0.2) is 0 Å². The van der Waals surface area contributed by atoms with Crippen LogP contribution in [0.5, 0.6) is 0 Å². The van der Waals surface area contributed by atoms with Gasteiger partial charge in [-0.1, -0.05) is 24.4 Å². The monoisotopic (exact) mass is 224 g/mol. The summed E-state index contributed by atoms with van der Waals surface area (Å²) in [6, 6.07) is 2.45. The highest BCUT2D eigenvalue weighted by Gasteiger charge is 2.21. The van der Waals surface area contributed by atoms with Crippen molar-refractivity contribution in [1.82, 2.24) is 4.98 Å². The molecule has 0 saturated heterocycles. The maximum absolute atomic E-state index is 6.05. The van der Waals surface area contributed by atoms with Crippen LogP contribution in [0.15, 0.2) is 18.5 Å². The summed E-state index contributed by atoms with van der Waals surface area (Å²) in [5, 5.41) is 4.19. The van der Waals surface area contributed by atoms with Crippen LogP contribution in [-0.2, 0) is 0 Å². The second kappa shape index (κ2) is 4.84. The lowest BCUT2D eigenvalue weighted by Gasteiger charge is -2.21. The smallest absolute Gasteiger partial charge is 0.0820 e. The molecule has 1 aliphatic rings. The number of hydrogen-bond acceptors (Lipinski definition) is 2. The Balaban J connectivity index is 1.99. The van der Waals surface area contributed by atoms with Crippen LogP contribution in [0.1, 0.15) is 32.6 Å². The van der Waals surface area contributed by atoms with E-state index >= 15 is 0 Å². The van der Waals surface area contributed by atoms with Gasteiger partial charge in [0.05, 0.1) is 10.7 Å². The Bertz CT molecular complexity index is 321. The predicted octanol–water partition coefficient (Wildman–Crippen LogP) is 3.73. The van der Waals surface area contributed by atoms with Gasteiger partial charge in [0.2, 0.25) is 0 Å². The number of aromatic nitrogens is 1. The van der Waals surface area contributed by atoms with Gasteiger partial charge in [-0.2, -0.15) is 0 Å². The molecule has 15 heavy (non-hydrogen) atoms. The van der Waals surface area contributed by atoms with E-state index in [0.717, 1.165) is 11.6 Å². The Morgan fingerprint density at radius 3 is 2.87 bits per heavy atom. The third-order valence-corrected chi connectivity index (χ3v) is 3.56. The summed E-state index contributed by atoms with van der Waals surface area (Å²) in [4.78, 5) is 3.98. The second-order valence-corrected chi connectivity index (χ2v) is 4.74. The van der Waals surface area contributed by atoms with Crippen molar-refractivity contribution in [3.8, 4) is 0 Å². The molecule has 1 unspecified atom stereocenters. The van der Waals surface area contributed by atoms with Crippen LogP contribution >= 0.6 is 11.6 Å². The first-order chi connectivity index (χ1) is 7.27. The van der Waals surface area contributed by atoms with E-state index in [-0.39, 0.29) is 0 Å². The Morgan fingerprint density at radius 2 is 2.20 bits per heavy atom. The Hall–Kier alpha value is -0.760. The molecule has 1 N–H and O–H groups in total. The summed E-state index contributed by atoms with van der Waals surface area (Å²) < 4.78 is 0. The molecule has 1 saturated carbocycles. The number of pyridine rings is 1. The Kier molecular flexibility index (Phi) is 3.47. The lowest BCUT2D eigenvalue weighted by atomic mass is 10.00. The number of nitrogens with zero attached hydrogens (tertiary/aromatic N) is 1. The third-order valence-electron chi connectivity index (χ3n) is 3.26. The van der Waals surface area contributed by atoms with E-state index < -0.39 is 0 Å². The second-order valence-electron chi connectivity index (χ2n) is 4.33. The van der Waals surface area contributed by atoms with Crippen LogP contribution in [0.2, 0.25) is 5.02 Å². The molecule has 1 aliphatic carbocycles. The van der Waals surface area contributed by atoms with Crippen molar-refractivity contribution < 1.29 is 0 Å². The molecule has 3 heteroatoms. The van der Waals surface area contributed by atoms with Gasteiger partial charge in [0.1, 0.15) is 0 Å². The summed E-state index contributed by atoms with van der Waals surface area (Å²) in [7, 11) is 0. The van der Waals surface area contributed by atoms with Crippen LogP contribution in [0.3, 0.4) is 0 Å². The summed E-state index contributed by atoms with van der Waals surface area (Å²) in [5.74, 6) is 0.800. The van der Waals surface area contributed by atoms with Crippen molar-refractivity contribution in [2.45, 2.75) is 38.6 Å². The summed E-state index contributed by atoms with van der Waals surface area (Å²) >= 11 is 6.05. The molecule has 1 aromatic heterocycles. The first-order valence-electron chi connectivity index (χ1n) is 5.63. The molecule has 1 atom stereocenters. The fourth-order valence-corrected chi connectivity index (χ4v) is 2.49. The summed E-state index contributed by atoms with van der Waals surface area (Å²) in [6.45, 7) is 2.24. The van der Waals surface area contributed by atoms with Crippen LogP contribution in [0, 0.1) is 5.92 Å². The van der Waals surface area contributed by atoms with Gasteiger partial charge in [0.25, 0.3) is 0 Å². The van der Waals surface area contributed by atoms with Gasteiger partial charge in [-0.25, -0.2) is 0 Å². The van der Waals surface area contributed by atoms with Crippen LogP contribution in [-0.4, -0.2) is 11.0 Å². The minimum absolute atomic E-state index is 0.507. The average Bonchev–Trinajstić information content (AvgIpc) is 2.74. The maximum Gasteiger partial charge on any atom is 0.0820 e. The molecule has 82 valence electrons. The van der Waals surface area contributed by atoms with E-state index in [4.69, 9.17) is 11.6 Å². The fourth-order valence-electron chi connectivity index (χ4n) is 2.31. The first kappa shape index (κ1) is 10.7. The van der Waals surface area contributed by atoms with Crippen molar-refractivity contribution in [2.75, 3.05) is 5.32 Å². The van der Waals surface area contributed by atoms with Crippen molar-refractivity contribution in [3.05, 3.63) is 23.5 Å². The van der Waals surface area contributed by atoms with E-state index in [9.17, 15) is 0 Å². The minimum Gasteiger partial charge on any atom is -0.381 e. The molecule has 0 amide bonds. The highest BCUT2D eigenvalue weighted by atomic mass is 35.5. The zero-order valence-corrected chi connectivity index (χ0v) is 9.80.